The number of benzene rings is 1. The molecule has 1 saturated heterocycles. The van der Waals surface area contributed by atoms with Crippen molar-refractivity contribution >= 4 is 17.7 Å². The molecule has 0 aromatic heterocycles. The number of amides is 4. The Morgan fingerprint density at radius 2 is 2.11 bits per heavy atom. The van der Waals surface area contributed by atoms with Crippen LogP contribution >= 0.6 is 0 Å². The van der Waals surface area contributed by atoms with E-state index in [-0.39, 0.29) is 6.03 Å². The molecular weight excluding hydrogens is 244 g/mol. The number of hydrogen-bond donors (Lipinski definition) is 4. The Morgan fingerprint density at radius 3 is 2.74 bits per heavy atom. The normalized spacial score (nSPS) is 24.0. The summed E-state index contributed by atoms with van der Waals surface area (Å²) in [7, 11) is 0. The monoisotopic (exact) mass is 258 g/mol. The number of fused-ring (bicyclic) bond motifs is 1. The van der Waals surface area contributed by atoms with Crippen molar-refractivity contribution in [2.75, 3.05) is 5.32 Å². The Labute approximate surface area is 110 Å². The molecule has 1 unspecified atom stereocenters. The van der Waals surface area contributed by atoms with Gasteiger partial charge in [0.2, 0.25) is 0 Å². The van der Waals surface area contributed by atoms with Crippen LogP contribution in [0.25, 0.3) is 0 Å². The Hall–Kier alpha value is -2.50. The summed E-state index contributed by atoms with van der Waals surface area (Å²) in [5, 5.41) is 8.17. The number of primary amides is 1. The van der Waals surface area contributed by atoms with Crippen LogP contribution < -0.4 is 21.7 Å². The molecular formula is C13H14N4O2. The van der Waals surface area contributed by atoms with E-state index in [1.54, 1.807) is 6.07 Å². The molecule has 6 heteroatoms. The first-order valence-corrected chi connectivity index (χ1v) is 5.95. The molecule has 5 N–H and O–H groups in total. The van der Waals surface area contributed by atoms with E-state index in [0.717, 1.165) is 11.1 Å². The number of rotatable bonds is 1. The van der Waals surface area contributed by atoms with E-state index in [4.69, 9.17) is 5.73 Å². The average Bonchev–Trinajstić information content (AvgIpc) is 2.78. The van der Waals surface area contributed by atoms with Gasteiger partial charge in [0.1, 0.15) is 0 Å². The summed E-state index contributed by atoms with van der Waals surface area (Å²) >= 11 is 0. The van der Waals surface area contributed by atoms with Crippen molar-refractivity contribution in [2.45, 2.75) is 18.4 Å². The van der Waals surface area contributed by atoms with Crippen LogP contribution in [0.1, 0.15) is 11.1 Å². The van der Waals surface area contributed by atoms with Crippen LogP contribution in [0, 0.1) is 0 Å². The van der Waals surface area contributed by atoms with Crippen LogP contribution in [0.5, 0.6) is 0 Å². The highest BCUT2D eigenvalue weighted by Crippen LogP contribution is 2.37. The molecule has 1 aromatic carbocycles. The van der Waals surface area contributed by atoms with Crippen LogP contribution in [0.15, 0.2) is 30.5 Å². The molecule has 1 spiro atoms. The zero-order valence-corrected chi connectivity index (χ0v) is 10.2. The minimum Gasteiger partial charge on any atom is -0.351 e. The fourth-order valence-corrected chi connectivity index (χ4v) is 2.78. The molecule has 4 amide bonds. The maximum atomic E-state index is 11.4. The predicted molar refractivity (Wildman–Crippen MR) is 70.6 cm³/mol. The smallest absolute Gasteiger partial charge is 0.319 e. The number of carbonyl (C=O) groups is 2. The number of nitrogens with two attached hydrogens (primary N) is 1. The zero-order valence-electron chi connectivity index (χ0n) is 10.2. The molecule has 1 fully saturated rings. The quantitative estimate of drug-likeness (QED) is 0.600. The van der Waals surface area contributed by atoms with Crippen LogP contribution in [0.3, 0.4) is 0 Å². The van der Waals surface area contributed by atoms with Gasteiger partial charge in [-0.25, -0.2) is 9.59 Å². The van der Waals surface area contributed by atoms with E-state index >= 15 is 0 Å². The van der Waals surface area contributed by atoms with E-state index in [1.807, 2.05) is 12.1 Å². The van der Waals surface area contributed by atoms with Crippen molar-refractivity contribution in [3.63, 3.8) is 0 Å². The SMILES string of the molecule is C=C1NC(=O)NC12Cc1ccc(NC(N)=O)cc1C2. The molecule has 0 saturated carbocycles. The molecule has 3 rings (SSSR count). The second-order valence-electron chi connectivity index (χ2n) is 4.97. The fourth-order valence-electron chi connectivity index (χ4n) is 2.78. The van der Waals surface area contributed by atoms with Crippen molar-refractivity contribution in [1.29, 1.82) is 0 Å². The van der Waals surface area contributed by atoms with Gasteiger partial charge in [0, 0.05) is 24.2 Å². The maximum absolute atomic E-state index is 11.4. The number of nitrogens with one attached hydrogen (secondary N) is 3. The Balaban J connectivity index is 1.90. The summed E-state index contributed by atoms with van der Waals surface area (Å²) in [5.41, 5.74) is 8.22. The highest BCUT2D eigenvalue weighted by molar-refractivity contribution is 5.88. The van der Waals surface area contributed by atoms with Crippen molar-refractivity contribution in [2.24, 2.45) is 5.73 Å². The van der Waals surface area contributed by atoms with Crippen molar-refractivity contribution in [1.82, 2.24) is 10.6 Å². The summed E-state index contributed by atoms with van der Waals surface area (Å²) in [5.74, 6) is 0. The number of hydrogen-bond acceptors (Lipinski definition) is 2. The molecule has 0 radical (unpaired) electrons. The topological polar surface area (TPSA) is 96.2 Å². The molecule has 98 valence electrons. The highest BCUT2D eigenvalue weighted by atomic mass is 16.2. The van der Waals surface area contributed by atoms with Gasteiger partial charge in [-0.1, -0.05) is 12.6 Å². The summed E-state index contributed by atoms with van der Waals surface area (Å²) in [6, 6.07) is 4.82. The summed E-state index contributed by atoms with van der Waals surface area (Å²) in [6.45, 7) is 3.91. The third-order valence-corrected chi connectivity index (χ3v) is 3.65. The van der Waals surface area contributed by atoms with E-state index in [0.29, 0.717) is 24.2 Å². The molecule has 1 aromatic rings. The van der Waals surface area contributed by atoms with Gasteiger partial charge < -0.3 is 21.7 Å². The van der Waals surface area contributed by atoms with E-state index < -0.39 is 11.6 Å². The largest absolute Gasteiger partial charge is 0.351 e. The summed E-state index contributed by atoms with van der Waals surface area (Å²) in [6.07, 6.45) is 1.37. The third-order valence-electron chi connectivity index (χ3n) is 3.65. The third kappa shape index (κ3) is 1.81. The van der Waals surface area contributed by atoms with Gasteiger partial charge in [-0.3, -0.25) is 0 Å². The van der Waals surface area contributed by atoms with Crippen molar-refractivity contribution in [3.05, 3.63) is 41.6 Å². The lowest BCUT2D eigenvalue weighted by molar-refractivity contribution is 0.244. The first-order chi connectivity index (χ1) is 8.98. The summed E-state index contributed by atoms with van der Waals surface area (Å²) in [4.78, 5) is 22.3. The van der Waals surface area contributed by atoms with Gasteiger partial charge in [0.15, 0.2) is 0 Å². The van der Waals surface area contributed by atoms with E-state index in [9.17, 15) is 9.59 Å². The van der Waals surface area contributed by atoms with E-state index in [2.05, 4.69) is 22.5 Å². The Morgan fingerprint density at radius 1 is 1.37 bits per heavy atom. The van der Waals surface area contributed by atoms with Crippen LogP contribution in [-0.2, 0) is 12.8 Å². The van der Waals surface area contributed by atoms with E-state index in [1.165, 1.54) is 0 Å². The first-order valence-electron chi connectivity index (χ1n) is 5.95. The zero-order chi connectivity index (χ0) is 13.6. The van der Waals surface area contributed by atoms with Gasteiger partial charge in [-0.2, -0.15) is 0 Å². The number of urea groups is 2. The second kappa shape index (κ2) is 3.74. The van der Waals surface area contributed by atoms with Gasteiger partial charge in [0.25, 0.3) is 0 Å². The molecule has 1 atom stereocenters. The minimum atomic E-state index is -0.590. The van der Waals surface area contributed by atoms with Gasteiger partial charge >= 0.3 is 12.1 Å². The van der Waals surface area contributed by atoms with Crippen LogP contribution in [0.4, 0.5) is 15.3 Å². The molecule has 1 aliphatic heterocycles. The molecule has 0 bridgehead atoms. The second-order valence-corrected chi connectivity index (χ2v) is 4.97. The standard InChI is InChI=1S/C13H14N4O2/c1-7-13(17-12(19)15-7)5-8-2-3-10(16-11(14)18)4-9(8)6-13/h2-4H,1,5-6H2,(H3,14,16,18)(H2,15,17,19). The lowest BCUT2D eigenvalue weighted by Gasteiger charge is -2.22. The van der Waals surface area contributed by atoms with Crippen LogP contribution in [0.2, 0.25) is 0 Å². The molecule has 6 nitrogen and oxygen atoms in total. The molecule has 19 heavy (non-hydrogen) atoms. The van der Waals surface area contributed by atoms with Gasteiger partial charge in [0.05, 0.1) is 5.54 Å². The Kier molecular flexibility index (Phi) is 2.28. The molecule has 1 aliphatic carbocycles. The number of anilines is 1. The first kappa shape index (κ1) is 11.6. The fraction of sp³-hybridized carbons (Fsp3) is 0.231. The summed E-state index contributed by atoms with van der Waals surface area (Å²) < 4.78 is 0. The lowest BCUT2D eigenvalue weighted by Crippen LogP contribution is -2.42. The lowest BCUT2D eigenvalue weighted by atomic mass is 9.94. The maximum Gasteiger partial charge on any atom is 0.319 e. The highest BCUT2D eigenvalue weighted by Gasteiger charge is 2.45. The average molecular weight is 258 g/mol. The van der Waals surface area contributed by atoms with Crippen LogP contribution in [-0.4, -0.2) is 17.6 Å². The van der Waals surface area contributed by atoms with Gasteiger partial charge in [-0.15, -0.1) is 0 Å². The number of carbonyl (C=O) groups excluding carboxylic acids is 2. The Bertz CT molecular complexity index is 611. The van der Waals surface area contributed by atoms with Crippen molar-refractivity contribution in [3.8, 4) is 0 Å². The molecule has 2 aliphatic rings. The van der Waals surface area contributed by atoms with Crippen molar-refractivity contribution < 1.29 is 9.59 Å². The van der Waals surface area contributed by atoms with Gasteiger partial charge in [-0.05, 0) is 23.3 Å². The minimum absolute atomic E-state index is 0.215. The molecule has 1 heterocycles. The predicted octanol–water partition coefficient (Wildman–Crippen LogP) is 0.841.